The molecule has 2 fully saturated rings. The Labute approximate surface area is 209 Å². The fourth-order valence-corrected chi connectivity index (χ4v) is 6.46. The summed E-state index contributed by atoms with van der Waals surface area (Å²) in [4.78, 5) is 49.5. The Kier molecular flexibility index (Phi) is 6.16. The third-order valence-corrected chi connectivity index (χ3v) is 8.18. The van der Waals surface area contributed by atoms with Crippen LogP contribution in [0.3, 0.4) is 0 Å². The van der Waals surface area contributed by atoms with Crippen LogP contribution in [-0.4, -0.2) is 70.2 Å². The number of allylic oxidation sites excluding steroid dienone is 1. The van der Waals surface area contributed by atoms with Crippen LogP contribution in [0.15, 0.2) is 23.8 Å². The monoisotopic (exact) mass is 506 g/mol. The Morgan fingerprint density at radius 2 is 1.64 bits per heavy atom. The molecule has 4 aliphatic rings. The van der Waals surface area contributed by atoms with Gasteiger partial charge in [0, 0.05) is 32.1 Å². The molecule has 1 N–H and O–H groups in total. The maximum Gasteiger partial charge on any atom is 0.342 e. The van der Waals surface area contributed by atoms with Crippen LogP contribution < -0.4 is 0 Å². The second-order valence-electron chi connectivity index (χ2n) is 10.9. The summed E-state index contributed by atoms with van der Waals surface area (Å²) in [6.45, 7) is 10.5. The van der Waals surface area contributed by atoms with Crippen LogP contribution in [0.2, 0.25) is 0 Å². The fourth-order valence-electron chi connectivity index (χ4n) is 6.46. The van der Waals surface area contributed by atoms with E-state index >= 15 is 0 Å². The van der Waals surface area contributed by atoms with Gasteiger partial charge in [0.05, 0.1) is 0 Å². The summed E-state index contributed by atoms with van der Waals surface area (Å²) in [6.07, 6.45) is 1.96. The summed E-state index contributed by atoms with van der Waals surface area (Å²) < 4.78 is 29.0. The van der Waals surface area contributed by atoms with Crippen LogP contribution in [-0.2, 0) is 42.9 Å². The van der Waals surface area contributed by atoms with Crippen LogP contribution >= 0.6 is 0 Å². The van der Waals surface area contributed by atoms with Crippen molar-refractivity contribution >= 4 is 23.9 Å². The summed E-state index contributed by atoms with van der Waals surface area (Å²) in [7, 11) is 0. The molecule has 2 aliphatic heterocycles. The number of ether oxygens (including phenoxy) is 5. The summed E-state index contributed by atoms with van der Waals surface area (Å²) in [6, 6.07) is 0. The van der Waals surface area contributed by atoms with E-state index in [1.165, 1.54) is 27.7 Å². The van der Waals surface area contributed by atoms with Gasteiger partial charge in [-0.25, -0.2) is 4.79 Å². The molecule has 0 amide bonds. The molecule has 0 aromatic carbocycles. The molecular formula is C26H34O10. The van der Waals surface area contributed by atoms with Crippen LogP contribution in [0.1, 0.15) is 61.3 Å². The molecule has 2 aliphatic carbocycles. The number of hydrogen-bond donors (Lipinski definition) is 1. The van der Waals surface area contributed by atoms with Crippen LogP contribution in [0.5, 0.6) is 0 Å². The molecule has 0 bridgehead atoms. The number of esters is 4. The highest BCUT2D eigenvalue weighted by Gasteiger charge is 2.87. The number of hydrogen-bond acceptors (Lipinski definition) is 10. The number of carbonyl (C=O) groups is 4. The lowest BCUT2D eigenvalue weighted by atomic mass is 9.55. The van der Waals surface area contributed by atoms with Gasteiger partial charge >= 0.3 is 23.9 Å². The molecule has 2 saturated heterocycles. The van der Waals surface area contributed by atoms with Crippen molar-refractivity contribution in [2.45, 2.75) is 103 Å². The van der Waals surface area contributed by atoms with Crippen molar-refractivity contribution in [3.05, 3.63) is 23.8 Å². The van der Waals surface area contributed by atoms with Crippen molar-refractivity contribution in [3.63, 3.8) is 0 Å². The highest BCUT2D eigenvalue weighted by molar-refractivity contribution is 5.89. The van der Waals surface area contributed by atoms with Gasteiger partial charge in [-0.1, -0.05) is 18.6 Å². The zero-order valence-electron chi connectivity index (χ0n) is 21.7. The van der Waals surface area contributed by atoms with Crippen molar-refractivity contribution in [2.24, 2.45) is 11.3 Å². The summed E-state index contributed by atoms with van der Waals surface area (Å²) >= 11 is 0. The maximum absolute atomic E-state index is 12.9. The molecule has 36 heavy (non-hydrogen) atoms. The molecule has 198 valence electrons. The average molecular weight is 507 g/mol. The minimum atomic E-state index is -1.83. The Morgan fingerprint density at radius 1 is 1.03 bits per heavy atom. The lowest BCUT2D eigenvalue weighted by Crippen LogP contribution is -2.67. The van der Waals surface area contributed by atoms with E-state index in [4.69, 9.17) is 23.7 Å². The van der Waals surface area contributed by atoms with Gasteiger partial charge in [0.25, 0.3) is 0 Å². The van der Waals surface area contributed by atoms with E-state index in [1.807, 2.05) is 6.92 Å². The molecule has 1 spiro atoms. The second-order valence-corrected chi connectivity index (χ2v) is 10.9. The quantitative estimate of drug-likeness (QED) is 0.261. The van der Waals surface area contributed by atoms with E-state index in [0.717, 1.165) is 5.57 Å². The first-order valence-corrected chi connectivity index (χ1v) is 12.1. The highest BCUT2D eigenvalue weighted by atomic mass is 16.7. The Hall–Kier alpha value is -2.72. The van der Waals surface area contributed by atoms with E-state index in [1.54, 1.807) is 32.1 Å². The molecular weight excluding hydrogens is 472 g/mol. The van der Waals surface area contributed by atoms with E-state index in [-0.39, 0.29) is 0 Å². The lowest BCUT2D eigenvalue weighted by molar-refractivity contribution is -0.218. The number of aliphatic hydroxyl groups is 1. The number of epoxide rings is 1. The smallest absolute Gasteiger partial charge is 0.342 e. The van der Waals surface area contributed by atoms with E-state index in [0.29, 0.717) is 12.8 Å². The van der Waals surface area contributed by atoms with Gasteiger partial charge in [-0.2, -0.15) is 0 Å². The SMILES string of the molecule is CC(=O)OC1C=CC2(C)C(OC(C)=O)CCC(C)=CC3OC(=O)C4(C)OC34C(OC(C)=O)C2C1(C)O. The van der Waals surface area contributed by atoms with Crippen molar-refractivity contribution in [3.8, 4) is 0 Å². The van der Waals surface area contributed by atoms with Gasteiger partial charge in [0.2, 0.25) is 0 Å². The third-order valence-electron chi connectivity index (χ3n) is 8.18. The normalized spacial score (nSPS) is 45.2. The van der Waals surface area contributed by atoms with Gasteiger partial charge in [0.15, 0.2) is 17.3 Å². The van der Waals surface area contributed by atoms with Crippen molar-refractivity contribution < 1.29 is 48.0 Å². The molecule has 0 aromatic heterocycles. The Bertz CT molecular complexity index is 1060. The number of carbonyl (C=O) groups excluding carboxylic acids is 4. The standard InChI is InChI=1S/C26H34O10/c1-13-8-9-17(32-14(2)27)23(5)11-10-18(33-15(3)28)24(6,31)20(23)21(34-16(4)29)26-19(12-13)35-22(30)25(26,7)36-26/h10-12,17-21,31H,8-9H2,1-7H3. The van der Waals surface area contributed by atoms with Crippen LogP contribution in [0.25, 0.3) is 0 Å². The van der Waals surface area contributed by atoms with Crippen molar-refractivity contribution in [2.75, 3.05) is 0 Å². The highest BCUT2D eigenvalue weighted by Crippen LogP contribution is 2.65. The van der Waals surface area contributed by atoms with Gasteiger partial charge < -0.3 is 28.8 Å². The maximum atomic E-state index is 12.9. The van der Waals surface area contributed by atoms with E-state index in [2.05, 4.69) is 0 Å². The minimum Gasteiger partial charge on any atom is -0.462 e. The third kappa shape index (κ3) is 3.76. The average Bonchev–Trinajstić information content (AvgIpc) is 3.32. The van der Waals surface area contributed by atoms with Crippen LogP contribution in [0.4, 0.5) is 0 Å². The van der Waals surface area contributed by atoms with Gasteiger partial charge in [-0.15, -0.1) is 0 Å². The first-order chi connectivity index (χ1) is 16.6. The predicted octanol–water partition coefficient (Wildman–Crippen LogP) is 1.92. The first kappa shape index (κ1) is 26.3. The first-order valence-electron chi connectivity index (χ1n) is 12.1. The second kappa shape index (κ2) is 8.41. The molecule has 0 radical (unpaired) electrons. The minimum absolute atomic E-state index is 0.381. The van der Waals surface area contributed by atoms with E-state index in [9.17, 15) is 24.3 Å². The van der Waals surface area contributed by atoms with Crippen molar-refractivity contribution in [1.29, 1.82) is 0 Å². The molecule has 0 aromatic rings. The largest absolute Gasteiger partial charge is 0.462 e. The molecule has 10 heteroatoms. The molecule has 9 unspecified atom stereocenters. The number of rotatable bonds is 3. The van der Waals surface area contributed by atoms with Crippen LogP contribution in [0, 0.1) is 11.3 Å². The van der Waals surface area contributed by atoms with E-state index < -0.39 is 76.4 Å². The lowest BCUT2D eigenvalue weighted by Gasteiger charge is -2.55. The molecule has 0 saturated carbocycles. The summed E-state index contributed by atoms with van der Waals surface area (Å²) in [5, 5.41) is 12.1. The predicted molar refractivity (Wildman–Crippen MR) is 123 cm³/mol. The topological polar surface area (TPSA) is 138 Å². The number of fused-ring (bicyclic) bond motifs is 1. The van der Waals surface area contributed by atoms with Gasteiger partial charge in [-0.3, -0.25) is 14.4 Å². The van der Waals surface area contributed by atoms with Crippen molar-refractivity contribution in [1.82, 2.24) is 0 Å². The molecule has 2 heterocycles. The Balaban J connectivity index is 1.99. The molecule has 9 atom stereocenters. The summed E-state index contributed by atoms with van der Waals surface area (Å²) in [5.41, 5.74) is -4.96. The summed E-state index contributed by atoms with van der Waals surface area (Å²) in [5.74, 6) is -3.44. The van der Waals surface area contributed by atoms with Gasteiger partial charge in [-0.05, 0) is 45.8 Å². The zero-order valence-corrected chi connectivity index (χ0v) is 21.7. The Morgan fingerprint density at radius 3 is 2.19 bits per heavy atom. The molecule has 10 nitrogen and oxygen atoms in total. The van der Waals surface area contributed by atoms with Gasteiger partial charge in [0.1, 0.15) is 23.9 Å². The molecule has 4 rings (SSSR count). The fraction of sp³-hybridized carbons (Fsp3) is 0.692. The zero-order chi connectivity index (χ0) is 26.8.